The van der Waals surface area contributed by atoms with Crippen molar-refractivity contribution in [2.45, 2.75) is 51.5 Å². The lowest BCUT2D eigenvalue weighted by Gasteiger charge is -2.10. The number of fused-ring (bicyclic) bond motifs is 1. The minimum atomic E-state index is -1.11. The van der Waals surface area contributed by atoms with Crippen molar-refractivity contribution < 1.29 is 4.21 Å². The molecule has 2 aromatic heterocycles. The van der Waals surface area contributed by atoms with E-state index in [1.807, 2.05) is 13.8 Å². The van der Waals surface area contributed by atoms with Gasteiger partial charge in [-0.05, 0) is 57.4 Å². The molecule has 0 radical (unpaired) electrons. The Balaban J connectivity index is 1.60. The summed E-state index contributed by atoms with van der Waals surface area (Å²) in [6, 6.07) is 5.10. The molecule has 5 nitrogen and oxygen atoms in total. The van der Waals surface area contributed by atoms with Crippen LogP contribution in [-0.4, -0.2) is 24.5 Å². The number of nitrogen functional groups attached to an aromatic ring is 1. The molecule has 0 aliphatic heterocycles. The van der Waals surface area contributed by atoms with E-state index in [1.165, 1.54) is 0 Å². The zero-order chi connectivity index (χ0) is 20.4. The molecule has 0 saturated carbocycles. The van der Waals surface area contributed by atoms with Crippen molar-refractivity contribution in [1.82, 2.24) is 14.5 Å². The van der Waals surface area contributed by atoms with Crippen LogP contribution in [0, 0.1) is 20.8 Å². The largest absolute Gasteiger partial charge is 0.382 e. The first-order chi connectivity index (χ1) is 13.3. The smallest absolute Gasteiger partial charge is 0.151 e. The number of nitrogens with two attached hydrogens (primary N) is 1. The summed E-state index contributed by atoms with van der Waals surface area (Å²) in [4.78, 5) is 9.62. The summed E-state index contributed by atoms with van der Waals surface area (Å²) < 4.78 is 14.7. The summed E-state index contributed by atoms with van der Waals surface area (Å²) >= 11 is 12.0. The maximum absolute atomic E-state index is 12.5. The van der Waals surface area contributed by atoms with Crippen LogP contribution in [0.2, 0.25) is 10.0 Å². The summed E-state index contributed by atoms with van der Waals surface area (Å²) in [6.45, 7) is 6.86. The summed E-state index contributed by atoms with van der Waals surface area (Å²) in [5.41, 5.74) is 9.95. The second-order valence-electron chi connectivity index (χ2n) is 6.90. The highest BCUT2D eigenvalue weighted by Gasteiger charge is 2.15. The van der Waals surface area contributed by atoms with E-state index in [4.69, 9.17) is 28.9 Å². The van der Waals surface area contributed by atoms with Crippen LogP contribution < -0.4 is 5.73 Å². The molecule has 3 rings (SSSR count). The van der Waals surface area contributed by atoms with Crippen LogP contribution in [0.15, 0.2) is 23.1 Å². The minimum Gasteiger partial charge on any atom is -0.382 e. The zero-order valence-electron chi connectivity index (χ0n) is 16.3. The minimum absolute atomic E-state index is 0.461. The average molecular weight is 439 g/mol. The second-order valence-corrected chi connectivity index (χ2v) is 9.28. The molecule has 0 saturated heterocycles. The molecule has 1 unspecified atom stereocenters. The molecule has 2 heterocycles. The van der Waals surface area contributed by atoms with Crippen LogP contribution in [0.25, 0.3) is 11.0 Å². The van der Waals surface area contributed by atoms with Crippen LogP contribution in [0.3, 0.4) is 0 Å². The molecule has 8 heteroatoms. The van der Waals surface area contributed by atoms with E-state index in [0.717, 1.165) is 53.9 Å². The Morgan fingerprint density at radius 3 is 2.57 bits per heavy atom. The van der Waals surface area contributed by atoms with E-state index in [1.54, 1.807) is 18.2 Å². The molecule has 1 aromatic carbocycles. The summed E-state index contributed by atoms with van der Waals surface area (Å²) in [7, 11) is -1.11. The van der Waals surface area contributed by atoms with Crippen molar-refractivity contribution in [3.05, 3.63) is 45.3 Å². The predicted octanol–water partition coefficient (Wildman–Crippen LogP) is 5.22. The first-order valence-corrected chi connectivity index (χ1v) is 11.3. The van der Waals surface area contributed by atoms with E-state index in [-0.39, 0.29) is 0 Å². The lowest BCUT2D eigenvalue weighted by molar-refractivity contribution is 0.600. The maximum Gasteiger partial charge on any atom is 0.151 e. The fourth-order valence-electron chi connectivity index (χ4n) is 3.34. The predicted molar refractivity (Wildman–Crippen MR) is 118 cm³/mol. The number of hydrogen-bond donors (Lipinski definition) is 1. The van der Waals surface area contributed by atoms with Crippen molar-refractivity contribution in [3.8, 4) is 0 Å². The van der Waals surface area contributed by atoms with E-state index >= 15 is 0 Å². The van der Waals surface area contributed by atoms with Gasteiger partial charge in [-0.1, -0.05) is 29.6 Å². The van der Waals surface area contributed by atoms with Gasteiger partial charge >= 0.3 is 0 Å². The molecule has 0 aliphatic carbocycles. The highest BCUT2D eigenvalue weighted by Crippen LogP contribution is 2.27. The van der Waals surface area contributed by atoms with E-state index in [0.29, 0.717) is 26.5 Å². The van der Waals surface area contributed by atoms with Crippen LogP contribution in [0.1, 0.15) is 36.3 Å². The Kier molecular flexibility index (Phi) is 6.63. The van der Waals surface area contributed by atoms with Crippen molar-refractivity contribution in [2.75, 3.05) is 11.5 Å². The quantitative estimate of drug-likeness (QED) is 0.512. The van der Waals surface area contributed by atoms with Gasteiger partial charge < -0.3 is 10.3 Å². The number of rotatable bonds is 7. The monoisotopic (exact) mass is 438 g/mol. The van der Waals surface area contributed by atoms with Crippen molar-refractivity contribution in [1.29, 1.82) is 0 Å². The molecule has 0 fully saturated rings. The standard InChI is InChI=1S/C20H24Cl2N4OS/c1-12-13(2)24-20(23)18-19(12)26(14(3)25-18)9-5-4-6-10-28(27)17-8-7-15(21)11-16(17)22/h7-8,11H,4-6,9-10H2,1-3H3,(H2,23,24). The Bertz CT molecular complexity index is 1050. The number of hydrogen-bond acceptors (Lipinski definition) is 4. The molecule has 3 aromatic rings. The van der Waals surface area contributed by atoms with Gasteiger partial charge in [0.1, 0.15) is 11.3 Å². The Morgan fingerprint density at radius 1 is 1.11 bits per heavy atom. The third-order valence-corrected chi connectivity index (χ3v) is 7.10. The number of imidazole rings is 1. The molecular weight excluding hydrogens is 415 g/mol. The number of aryl methyl sites for hydroxylation is 4. The van der Waals surface area contributed by atoms with Crippen molar-refractivity contribution in [2.24, 2.45) is 0 Å². The third-order valence-electron chi connectivity index (χ3n) is 4.94. The SMILES string of the molecule is Cc1nc(N)c2nc(C)n(CCCCCS(=O)c3ccc(Cl)cc3Cl)c2c1C. The molecule has 1 atom stereocenters. The van der Waals surface area contributed by atoms with E-state index < -0.39 is 10.8 Å². The molecule has 0 spiro atoms. The van der Waals surface area contributed by atoms with Gasteiger partial charge in [-0.2, -0.15) is 0 Å². The number of benzene rings is 1. The Hall–Kier alpha value is -1.63. The van der Waals surface area contributed by atoms with Gasteiger partial charge in [0, 0.05) is 23.0 Å². The van der Waals surface area contributed by atoms with E-state index in [9.17, 15) is 4.21 Å². The van der Waals surface area contributed by atoms with Crippen molar-refractivity contribution in [3.63, 3.8) is 0 Å². The van der Waals surface area contributed by atoms with E-state index in [2.05, 4.69) is 21.5 Å². The number of anilines is 1. The number of nitrogens with zero attached hydrogens (tertiary/aromatic N) is 3. The number of pyridine rings is 1. The molecular formula is C20H24Cl2N4OS. The lowest BCUT2D eigenvalue weighted by atomic mass is 10.2. The van der Waals surface area contributed by atoms with Gasteiger partial charge in [0.15, 0.2) is 5.82 Å². The Labute approximate surface area is 177 Å². The highest BCUT2D eigenvalue weighted by atomic mass is 35.5. The first-order valence-electron chi connectivity index (χ1n) is 9.22. The first kappa shape index (κ1) is 21.1. The highest BCUT2D eigenvalue weighted by molar-refractivity contribution is 7.85. The molecule has 2 N–H and O–H groups in total. The third kappa shape index (κ3) is 4.34. The fraction of sp³-hybridized carbons (Fsp3) is 0.400. The number of aromatic nitrogens is 3. The van der Waals surface area contributed by atoms with Crippen LogP contribution in [-0.2, 0) is 17.3 Å². The van der Waals surface area contributed by atoms with Gasteiger partial charge in [0.05, 0.1) is 26.2 Å². The Morgan fingerprint density at radius 2 is 1.86 bits per heavy atom. The van der Waals surface area contributed by atoms with Crippen molar-refractivity contribution >= 4 is 50.9 Å². The second kappa shape index (κ2) is 8.80. The molecule has 28 heavy (non-hydrogen) atoms. The number of halogens is 2. The summed E-state index contributed by atoms with van der Waals surface area (Å²) in [6.07, 6.45) is 2.80. The van der Waals surface area contributed by atoms with Gasteiger partial charge in [0.25, 0.3) is 0 Å². The van der Waals surface area contributed by atoms with Crippen LogP contribution >= 0.6 is 23.2 Å². The molecule has 0 amide bonds. The lowest BCUT2D eigenvalue weighted by Crippen LogP contribution is -2.05. The zero-order valence-corrected chi connectivity index (χ0v) is 18.6. The summed E-state index contributed by atoms with van der Waals surface area (Å²) in [5, 5.41) is 1.01. The molecule has 0 bridgehead atoms. The summed E-state index contributed by atoms with van der Waals surface area (Å²) in [5.74, 6) is 2.00. The normalized spacial score (nSPS) is 12.6. The molecule has 150 valence electrons. The van der Waals surface area contributed by atoms with Gasteiger partial charge in [-0.25, -0.2) is 9.97 Å². The molecule has 0 aliphatic rings. The topological polar surface area (TPSA) is 73.8 Å². The van der Waals surface area contributed by atoms with Gasteiger partial charge in [-0.15, -0.1) is 0 Å². The fourth-order valence-corrected chi connectivity index (χ4v) is 5.18. The van der Waals surface area contributed by atoms with Crippen LogP contribution in [0.4, 0.5) is 5.82 Å². The maximum atomic E-state index is 12.5. The van der Waals surface area contributed by atoms with Gasteiger partial charge in [0.2, 0.25) is 0 Å². The van der Waals surface area contributed by atoms with Crippen LogP contribution in [0.5, 0.6) is 0 Å². The average Bonchev–Trinajstić information content (AvgIpc) is 2.96. The number of unbranched alkanes of at least 4 members (excludes halogenated alkanes) is 2. The van der Waals surface area contributed by atoms with Gasteiger partial charge in [-0.3, -0.25) is 4.21 Å².